The number of imidazole rings is 1. The summed E-state index contributed by atoms with van der Waals surface area (Å²) < 4.78 is 7.70. The van der Waals surface area contributed by atoms with Crippen LogP contribution >= 0.6 is 9.24 Å². The lowest BCUT2D eigenvalue weighted by Gasteiger charge is -2.45. The summed E-state index contributed by atoms with van der Waals surface area (Å²) in [5.74, 6) is 0.751. The minimum atomic E-state index is -0.647. The van der Waals surface area contributed by atoms with E-state index < -0.39 is 5.41 Å². The molecule has 4 unspecified atom stereocenters. The highest BCUT2D eigenvalue weighted by atomic mass is 31.0. The number of hydrogen-bond acceptors (Lipinski definition) is 4. The lowest BCUT2D eigenvalue weighted by Crippen LogP contribution is -2.52. The van der Waals surface area contributed by atoms with Crippen LogP contribution < -0.4 is 10.0 Å². The van der Waals surface area contributed by atoms with Gasteiger partial charge in [-0.25, -0.2) is 4.98 Å². The van der Waals surface area contributed by atoms with Gasteiger partial charge in [0.2, 0.25) is 12.3 Å². The summed E-state index contributed by atoms with van der Waals surface area (Å²) in [6.07, 6.45) is 6.28. The fraction of sp³-hybridized carbons (Fsp3) is 0.469. The van der Waals surface area contributed by atoms with Gasteiger partial charge in [-0.05, 0) is 55.3 Å². The number of carbonyl (C=O) groups excluding carboxylic acids is 2. The fourth-order valence-corrected chi connectivity index (χ4v) is 6.17. The van der Waals surface area contributed by atoms with Gasteiger partial charge in [0, 0.05) is 31.7 Å². The molecule has 0 bridgehead atoms. The van der Waals surface area contributed by atoms with E-state index >= 15 is 0 Å². The van der Waals surface area contributed by atoms with Crippen LogP contribution in [0.2, 0.25) is 0 Å². The van der Waals surface area contributed by atoms with Crippen molar-refractivity contribution in [1.29, 1.82) is 0 Å². The average molecular weight is 565 g/mol. The van der Waals surface area contributed by atoms with Crippen molar-refractivity contribution in [2.24, 2.45) is 5.41 Å². The van der Waals surface area contributed by atoms with E-state index in [-0.39, 0.29) is 17.9 Å². The van der Waals surface area contributed by atoms with Crippen LogP contribution in [0.25, 0.3) is 5.69 Å². The van der Waals surface area contributed by atoms with Gasteiger partial charge in [0.15, 0.2) is 0 Å². The minimum absolute atomic E-state index is 0.0346. The zero-order valence-electron chi connectivity index (χ0n) is 25.1. The van der Waals surface area contributed by atoms with Crippen molar-refractivity contribution in [1.82, 2.24) is 19.4 Å². The van der Waals surface area contributed by atoms with Gasteiger partial charge in [0.25, 0.3) is 0 Å². The molecular formula is C32H45N4O3P. The lowest BCUT2D eigenvalue weighted by atomic mass is 9.68. The van der Waals surface area contributed by atoms with Crippen LogP contribution in [0, 0.1) is 12.3 Å². The smallest absolute Gasteiger partial charge is 0.231 e. The van der Waals surface area contributed by atoms with Gasteiger partial charge in [0.05, 0.1) is 36.3 Å². The van der Waals surface area contributed by atoms with Crippen molar-refractivity contribution < 1.29 is 14.3 Å². The second-order valence-corrected chi connectivity index (χ2v) is 10.7. The molecule has 2 aliphatic heterocycles. The maximum atomic E-state index is 14.3. The van der Waals surface area contributed by atoms with Gasteiger partial charge in [-0.3, -0.25) is 9.59 Å². The molecule has 2 amide bonds. The molecule has 2 aromatic carbocycles. The molecule has 0 saturated carbocycles. The number of piperidine rings is 1. The Bertz CT molecular complexity index is 1280. The van der Waals surface area contributed by atoms with Crippen LogP contribution in [0.5, 0.6) is 5.75 Å². The monoisotopic (exact) mass is 564 g/mol. The first kappa shape index (κ1) is 31.3. The van der Waals surface area contributed by atoms with E-state index in [4.69, 9.17) is 4.74 Å². The number of aromatic nitrogens is 2. The van der Waals surface area contributed by atoms with Crippen molar-refractivity contribution in [3.05, 3.63) is 71.8 Å². The standard InChI is InChI=1S/C28H33N4O3P.2C2H6/c1-19-14-31(17-29-19)25-10-7-22(13-26(25)35-3)24-15-30(18-33)16-28(24)11-4-12-32(27(28)34)20(2)21-5-8-23(36)9-6-21;2*1-2/h5-10,13-14,17-18,20,24H,4,11-12,15-16,36H2,1-3H3;2*1-2H3. The number of nitrogens with zero attached hydrogens (tertiary/aromatic N) is 4. The van der Waals surface area contributed by atoms with Gasteiger partial charge in [-0.1, -0.05) is 58.0 Å². The second kappa shape index (κ2) is 13.9. The third-order valence-corrected chi connectivity index (χ3v) is 8.29. The third-order valence-electron chi connectivity index (χ3n) is 7.91. The Balaban J connectivity index is 0.00000106. The summed E-state index contributed by atoms with van der Waals surface area (Å²) in [6.45, 7) is 13.7. The molecular weight excluding hydrogens is 519 g/mol. The second-order valence-electron chi connectivity index (χ2n) is 10.0. The van der Waals surface area contributed by atoms with Gasteiger partial charge >= 0.3 is 0 Å². The highest BCUT2D eigenvalue weighted by molar-refractivity contribution is 7.27. The first-order valence-electron chi connectivity index (χ1n) is 14.4. The van der Waals surface area contributed by atoms with Crippen LogP contribution in [-0.4, -0.2) is 58.4 Å². The topological polar surface area (TPSA) is 67.7 Å². The summed E-state index contributed by atoms with van der Waals surface area (Å²) in [5.41, 5.74) is 3.31. The van der Waals surface area contributed by atoms with E-state index in [2.05, 4.69) is 51.5 Å². The Morgan fingerprint density at radius 2 is 1.82 bits per heavy atom. The minimum Gasteiger partial charge on any atom is -0.495 e. The highest BCUT2D eigenvalue weighted by Crippen LogP contribution is 2.51. The molecule has 7 nitrogen and oxygen atoms in total. The quantitative estimate of drug-likeness (QED) is 0.286. The summed E-state index contributed by atoms with van der Waals surface area (Å²) in [5, 5.41) is 1.12. The number of ether oxygens (including phenoxy) is 1. The van der Waals surface area contributed by atoms with Crippen LogP contribution in [0.1, 0.15) is 76.2 Å². The lowest BCUT2D eigenvalue weighted by molar-refractivity contribution is -0.149. The number of aryl methyl sites for hydroxylation is 1. The summed E-state index contributed by atoms with van der Waals surface area (Å²) in [7, 11) is 4.36. The Kier molecular flexibility index (Phi) is 10.9. The third kappa shape index (κ3) is 6.10. The normalized spacial score (nSPS) is 20.8. The maximum Gasteiger partial charge on any atom is 0.231 e. The summed E-state index contributed by atoms with van der Waals surface area (Å²) in [6, 6.07) is 14.4. The molecule has 3 aromatic rings. The number of amides is 2. The maximum absolute atomic E-state index is 14.3. The molecule has 40 heavy (non-hydrogen) atoms. The molecule has 1 spiro atoms. The van der Waals surface area contributed by atoms with E-state index in [1.807, 2.05) is 62.4 Å². The number of methoxy groups -OCH3 is 1. The van der Waals surface area contributed by atoms with E-state index in [0.717, 1.165) is 59.4 Å². The van der Waals surface area contributed by atoms with Crippen LogP contribution in [0.15, 0.2) is 55.0 Å². The largest absolute Gasteiger partial charge is 0.495 e. The number of carbonyl (C=O) groups is 2. The molecule has 216 valence electrons. The number of hydrogen-bond donors (Lipinski definition) is 0. The van der Waals surface area contributed by atoms with Crippen molar-refractivity contribution in [2.45, 2.75) is 66.3 Å². The molecule has 2 saturated heterocycles. The van der Waals surface area contributed by atoms with E-state index in [0.29, 0.717) is 13.1 Å². The van der Waals surface area contributed by atoms with Crippen molar-refractivity contribution in [3.63, 3.8) is 0 Å². The average Bonchev–Trinajstić information content (AvgIpc) is 3.60. The number of benzene rings is 2. The summed E-state index contributed by atoms with van der Waals surface area (Å²) >= 11 is 0. The Labute approximate surface area is 242 Å². The number of likely N-dealkylation sites (tertiary alicyclic amines) is 2. The molecule has 0 aliphatic carbocycles. The Morgan fingerprint density at radius 3 is 2.42 bits per heavy atom. The first-order chi connectivity index (χ1) is 19.4. The zero-order valence-corrected chi connectivity index (χ0v) is 26.2. The van der Waals surface area contributed by atoms with Gasteiger partial charge in [0.1, 0.15) is 5.75 Å². The van der Waals surface area contributed by atoms with Crippen LogP contribution in [0.4, 0.5) is 0 Å². The predicted molar refractivity (Wildman–Crippen MR) is 166 cm³/mol. The predicted octanol–water partition coefficient (Wildman–Crippen LogP) is 5.67. The number of rotatable bonds is 6. The zero-order chi connectivity index (χ0) is 29.4. The van der Waals surface area contributed by atoms with Gasteiger partial charge in [-0.2, -0.15) is 0 Å². The van der Waals surface area contributed by atoms with E-state index in [1.54, 1.807) is 18.3 Å². The molecule has 2 fully saturated rings. The van der Waals surface area contributed by atoms with Crippen molar-refractivity contribution in [3.8, 4) is 11.4 Å². The summed E-state index contributed by atoms with van der Waals surface area (Å²) in [4.78, 5) is 34.3. The van der Waals surface area contributed by atoms with Crippen molar-refractivity contribution >= 4 is 26.9 Å². The molecule has 5 rings (SSSR count). The molecule has 2 aliphatic rings. The van der Waals surface area contributed by atoms with Crippen LogP contribution in [-0.2, 0) is 9.59 Å². The first-order valence-corrected chi connectivity index (χ1v) is 15.0. The van der Waals surface area contributed by atoms with E-state index in [9.17, 15) is 9.59 Å². The SMILES string of the molecule is CC.CC.COc1cc(C2CN(C=O)CC23CCCN(C(C)c2ccc(P)cc2)C3=O)ccc1-n1cnc(C)c1. The molecule has 3 heterocycles. The molecule has 8 heteroatoms. The van der Waals surface area contributed by atoms with Gasteiger partial charge < -0.3 is 19.1 Å². The highest BCUT2D eigenvalue weighted by Gasteiger charge is 2.55. The molecule has 4 atom stereocenters. The Morgan fingerprint density at radius 1 is 1.12 bits per heavy atom. The molecule has 0 N–H and O–H groups in total. The molecule has 1 aromatic heterocycles. The Hall–Kier alpha value is -3.18. The fourth-order valence-electron chi connectivity index (χ4n) is 5.98. The van der Waals surface area contributed by atoms with E-state index in [1.165, 1.54) is 0 Å². The van der Waals surface area contributed by atoms with Crippen LogP contribution in [0.3, 0.4) is 0 Å². The molecule has 0 radical (unpaired) electrons. The van der Waals surface area contributed by atoms with Crippen molar-refractivity contribution in [2.75, 3.05) is 26.7 Å². The van der Waals surface area contributed by atoms with Gasteiger partial charge in [-0.15, -0.1) is 9.24 Å².